The van der Waals surface area contributed by atoms with Gasteiger partial charge in [-0.2, -0.15) is 13.2 Å². The van der Waals surface area contributed by atoms with E-state index >= 15 is 0 Å². The van der Waals surface area contributed by atoms with Gasteiger partial charge in [0.1, 0.15) is 0 Å². The quantitative estimate of drug-likeness (QED) is 0.364. The molecule has 0 spiro atoms. The lowest BCUT2D eigenvalue weighted by Gasteiger charge is -2.15. The number of aryl methyl sites for hydroxylation is 1. The van der Waals surface area contributed by atoms with Crippen LogP contribution < -0.4 is 5.32 Å². The number of para-hydroxylation sites is 1. The molecule has 0 heterocycles. The molecule has 0 radical (unpaired) electrons. The molecule has 0 aliphatic carbocycles. The molecule has 3 aromatic carbocycles. The first-order valence-electron chi connectivity index (χ1n) is 8.10. The Hall–Kier alpha value is -2.37. The lowest BCUT2D eigenvalue weighted by molar-refractivity contribution is -0.136. The van der Waals surface area contributed by atoms with E-state index in [9.17, 15) is 13.2 Å². The molecule has 0 amide bonds. The van der Waals surface area contributed by atoms with Crippen molar-refractivity contribution in [3.8, 4) is 0 Å². The average molecular weight is 406 g/mol. The standard InChI is InChI=1S/C21H15ClF3NS/c1-13-6-2-3-7-15(13)20(27)16-11-10-14(12-18(16)22)26-19-9-5-4-8-17(19)21(23,24)25/h2-12,26H,1H3. The number of halogens is 4. The second kappa shape index (κ2) is 7.71. The van der Waals surface area contributed by atoms with Crippen molar-refractivity contribution in [1.82, 2.24) is 0 Å². The largest absolute Gasteiger partial charge is 0.418 e. The maximum Gasteiger partial charge on any atom is 0.418 e. The fraction of sp³-hybridized carbons (Fsp3) is 0.0952. The maximum atomic E-state index is 13.1. The Bertz CT molecular complexity index is 999. The van der Waals surface area contributed by atoms with Crippen molar-refractivity contribution in [3.05, 3.63) is 94.0 Å². The Labute approximate surface area is 165 Å². The minimum absolute atomic E-state index is 0.0321. The average Bonchev–Trinajstić information content (AvgIpc) is 2.61. The number of rotatable bonds is 4. The first-order chi connectivity index (χ1) is 12.8. The van der Waals surface area contributed by atoms with Gasteiger partial charge in [-0.15, -0.1) is 0 Å². The van der Waals surface area contributed by atoms with Crippen molar-refractivity contribution >= 4 is 40.1 Å². The molecule has 3 aromatic rings. The third-order valence-electron chi connectivity index (χ3n) is 4.11. The smallest absolute Gasteiger partial charge is 0.355 e. The van der Waals surface area contributed by atoms with Crippen LogP contribution in [-0.2, 0) is 6.18 Å². The molecular weight excluding hydrogens is 391 g/mol. The molecule has 3 rings (SSSR count). The summed E-state index contributed by atoms with van der Waals surface area (Å²) in [5, 5.41) is 3.16. The van der Waals surface area contributed by atoms with E-state index in [0.29, 0.717) is 21.1 Å². The molecule has 27 heavy (non-hydrogen) atoms. The van der Waals surface area contributed by atoms with Gasteiger partial charge < -0.3 is 5.32 Å². The van der Waals surface area contributed by atoms with Crippen LogP contribution >= 0.6 is 23.8 Å². The normalized spacial score (nSPS) is 11.3. The van der Waals surface area contributed by atoms with E-state index in [1.54, 1.807) is 24.3 Å². The SMILES string of the molecule is Cc1ccccc1C(=S)c1ccc(Nc2ccccc2C(F)(F)F)cc1Cl. The van der Waals surface area contributed by atoms with E-state index in [0.717, 1.165) is 17.2 Å². The third-order valence-corrected chi connectivity index (χ3v) is 4.87. The number of hydrogen-bond acceptors (Lipinski definition) is 2. The number of benzene rings is 3. The molecule has 0 atom stereocenters. The summed E-state index contributed by atoms with van der Waals surface area (Å²) in [6, 6.07) is 18.0. The van der Waals surface area contributed by atoms with E-state index in [4.69, 9.17) is 23.8 Å². The second-order valence-electron chi connectivity index (χ2n) is 6.01. The predicted molar refractivity (Wildman–Crippen MR) is 108 cm³/mol. The Morgan fingerprint density at radius 2 is 1.59 bits per heavy atom. The van der Waals surface area contributed by atoms with E-state index in [-0.39, 0.29) is 5.69 Å². The topological polar surface area (TPSA) is 12.0 Å². The number of anilines is 2. The molecular formula is C21H15ClF3NS. The van der Waals surface area contributed by atoms with Crippen molar-refractivity contribution in [1.29, 1.82) is 0 Å². The summed E-state index contributed by atoms with van der Waals surface area (Å²) in [5.74, 6) is 0. The van der Waals surface area contributed by atoms with Crippen LogP contribution in [0, 0.1) is 6.92 Å². The van der Waals surface area contributed by atoms with Crippen molar-refractivity contribution in [2.24, 2.45) is 0 Å². The molecule has 0 saturated carbocycles. The number of hydrogen-bond donors (Lipinski definition) is 1. The van der Waals surface area contributed by atoms with E-state index in [2.05, 4.69) is 5.32 Å². The fourth-order valence-corrected chi connectivity index (χ4v) is 3.48. The minimum atomic E-state index is -4.44. The zero-order chi connectivity index (χ0) is 19.6. The van der Waals surface area contributed by atoms with Crippen LogP contribution in [0.2, 0.25) is 5.02 Å². The van der Waals surface area contributed by atoms with E-state index in [1.165, 1.54) is 12.1 Å². The first-order valence-corrected chi connectivity index (χ1v) is 8.89. The Kier molecular flexibility index (Phi) is 5.53. The molecule has 0 aliphatic rings. The van der Waals surface area contributed by atoms with Gasteiger partial charge in [-0.1, -0.05) is 60.2 Å². The van der Waals surface area contributed by atoms with Crippen LogP contribution in [0.25, 0.3) is 0 Å². The van der Waals surface area contributed by atoms with E-state index < -0.39 is 11.7 Å². The molecule has 6 heteroatoms. The molecule has 1 nitrogen and oxygen atoms in total. The van der Waals surface area contributed by atoms with Crippen LogP contribution in [0.15, 0.2) is 66.7 Å². The van der Waals surface area contributed by atoms with Gasteiger partial charge in [-0.25, -0.2) is 0 Å². The van der Waals surface area contributed by atoms with Gasteiger partial charge in [-0.05, 0) is 48.4 Å². The maximum absolute atomic E-state index is 13.1. The van der Waals surface area contributed by atoms with Gasteiger partial charge in [0.25, 0.3) is 0 Å². The zero-order valence-electron chi connectivity index (χ0n) is 14.3. The highest BCUT2D eigenvalue weighted by Gasteiger charge is 2.33. The molecule has 1 N–H and O–H groups in total. The van der Waals surface area contributed by atoms with Gasteiger partial charge in [0.15, 0.2) is 0 Å². The molecule has 0 aromatic heterocycles. The Morgan fingerprint density at radius 3 is 2.26 bits per heavy atom. The third kappa shape index (κ3) is 4.31. The Morgan fingerprint density at radius 1 is 0.926 bits per heavy atom. The first kappa shape index (κ1) is 19.4. The summed E-state index contributed by atoms with van der Waals surface area (Å²) in [7, 11) is 0. The van der Waals surface area contributed by atoms with Gasteiger partial charge in [0.2, 0.25) is 0 Å². The van der Waals surface area contributed by atoms with Crippen LogP contribution in [0.3, 0.4) is 0 Å². The molecule has 0 saturated heterocycles. The van der Waals surface area contributed by atoms with Gasteiger partial charge in [0.05, 0.1) is 21.1 Å². The van der Waals surface area contributed by atoms with Crippen molar-refractivity contribution in [2.75, 3.05) is 5.32 Å². The molecule has 0 aliphatic heterocycles. The summed E-state index contributed by atoms with van der Waals surface area (Å²) in [4.78, 5) is 0.598. The molecule has 0 unspecified atom stereocenters. The summed E-state index contributed by atoms with van der Waals surface area (Å²) >= 11 is 11.9. The van der Waals surface area contributed by atoms with Crippen LogP contribution in [-0.4, -0.2) is 4.86 Å². The monoisotopic (exact) mass is 405 g/mol. The summed E-state index contributed by atoms with van der Waals surface area (Å²) in [6.45, 7) is 1.96. The lowest BCUT2D eigenvalue weighted by Crippen LogP contribution is -2.08. The number of alkyl halides is 3. The van der Waals surface area contributed by atoms with Crippen molar-refractivity contribution < 1.29 is 13.2 Å². The lowest BCUT2D eigenvalue weighted by atomic mass is 10.00. The highest BCUT2D eigenvalue weighted by Crippen LogP contribution is 2.36. The summed E-state index contributed by atoms with van der Waals surface area (Å²) in [5.41, 5.74) is 2.27. The van der Waals surface area contributed by atoms with Gasteiger partial charge >= 0.3 is 6.18 Å². The molecule has 138 valence electrons. The number of thiocarbonyl (C=S) groups is 1. The van der Waals surface area contributed by atoms with Crippen LogP contribution in [0.4, 0.5) is 24.5 Å². The van der Waals surface area contributed by atoms with Crippen LogP contribution in [0.1, 0.15) is 22.3 Å². The highest BCUT2D eigenvalue weighted by molar-refractivity contribution is 7.81. The Balaban J connectivity index is 1.91. The summed E-state index contributed by atoms with van der Waals surface area (Å²) < 4.78 is 39.4. The molecule has 0 fully saturated rings. The second-order valence-corrected chi connectivity index (χ2v) is 6.82. The van der Waals surface area contributed by atoms with Gasteiger partial charge in [-0.3, -0.25) is 0 Å². The van der Waals surface area contributed by atoms with Crippen molar-refractivity contribution in [2.45, 2.75) is 13.1 Å². The van der Waals surface area contributed by atoms with Crippen molar-refractivity contribution in [3.63, 3.8) is 0 Å². The summed E-state index contributed by atoms with van der Waals surface area (Å²) in [6.07, 6.45) is -4.44. The van der Waals surface area contributed by atoms with E-state index in [1.807, 2.05) is 31.2 Å². The van der Waals surface area contributed by atoms with Crippen LogP contribution in [0.5, 0.6) is 0 Å². The fourth-order valence-electron chi connectivity index (χ4n) is 2.74. The number of nitrogens with one attached hydrogen (secondary N) is 1. The highest BCUT2D eigenvalue weighted by atomic mass is 35.5. The van der Waals surface area contributed by atoms with Gasteiger partial charge in [0, 0.05) is 11.3 Å². The zero-order valence-corrected chi connectivity index (χ0v) is 15.8. The minimum Gasteiger partial charge on any atom is -0.355 e. The molecule has 0 bridgehead atoms. The predicted octanol–water partition coefficient (Wildman–Crippen LogP) is 7.18.